The van der Waals surface area contributed by atoms with Gasteiger partial charge in [0.2, 0.25) is 5.91 Å². The molecule has 2 aromatic carbocycles. The number of ether oxygens (including phenoxy) is 1. The number of hydrogen-bond donors (Lipinski definition) is 2. The van der Waals surface area contributed by atoms with E-state index in [4.69, 9.17) is 16.3 Å². The topological polar surface area (TPSA) is 70.7 Å². The fourth-order valence-electron chi connectivity index (χ4n) is 3.52. The number of halogens is 1. The van der Waals surface area contributed by atoms with Crippen LogP contribution in [0, 0.1) is 0 Å². The van der Waals surface area contributed by atoms with Crippen LogP contribution < -0.4 is 15.5 Å². The number of carbonyl (C=O) groups is 2. The Labute approximate surface area is 182 Å². The standard InChI is InChI=1S/C23H28ClN3O3/c1-30-15-7-12-25-22(28)19-16-18(10-11-20(19)27-13-5-6-14-27)26-23(29)21(24)17-8-3-2-4-9-17/h2-4,8-11,16,21H,5-7,12-15H2,1H3,(H,25,28)(H,26,29). The predicted octanol–water partition coefficient (Wildman–Crippen LogP) is 3.97. The normalized spacial score (nSPS) is 14.4. The van der Waals surface area contributed by atoms with E-state index >= 15 is 0 Å². The number of nitrogens with zero attached hydrogens (tertiary/aromatic N) is 1. The molecule has 1 unspecified atom stereocenters. The number of methoxy groups -OCH3 is 1. The molecule has 2 amide bonds. The van der Waals surface area contributed by atoms with Crippen LogP contribution in [0.25, 0.3) is 0 Å². The Bertz CT molecular complexity index is 854. The Kier molecular flexibility index (Phi) is 8.11. The molecule has 0 aromatic heterocycles. The zero-order valence-corrected chi connectivity index (χ0v) is 18.0. The van der Waals surface area contributed by atoms with Crippen LogP contribution in [0.1, 0.15) is 40.6 Å². The summed E-state index contributed by atoms with van der Waals surface area (Å²) in [4.78, 5) is 27.7. The predicted molar refractivity (Wildman–Crippen MR) is 120 cm³/mol. The lowest BCUT2D eigenvalue weighted by Crippen LogP contribution is -2.29. The molecule has 0 bridgehead atoms. The first-order chi connectivity index (χ1) is 14.6. The maximum Gasteiger partial charge on any atom is 0.253 e. The minimum absolute atomic E-state index is 0.158. The molecule has 30 heavy (non-hydrogen) atoms. The summed E-state index contributed by atoms with van der Waals surface area (Å²) < 4.78 is 5.04. The molecule has 1 aliphatic rings. The molecule has 0 saturated carbocycles. The van der Waals surface area contributed by atoms with Gasteiger partial charge < -0.3 is 20.3 Å². The van der Waals surface area contributed by atoms with E-state index in [1.165, 1.54) is 0 Å². The number of rotatable bonds is 9. The third-order valence-corrected chi connectivity index (χ3v) is 5.54. The molecule has 2 aromatic rings. The first-order valence-corrected chi connectivity index (χ1v) is 10.7. The van der Waals surface area contributed by atoms with Gasteiger partial charge in [-0.1, -0.05) is 30.3 Å². The molecule has 0 aliphatic carbocycles. The second-order valence-electron chi connectivity index (χ2n) is 7.29. The average Bonchev–Trinajstić information content (AvgIpc) is 3.31. The number of anilines is 2. The van der Waals surface area contributed by atoms with E-state index in [1.54, 1.807) is 13.2 Å². The summed E-state index contributed by atoms with van der Waals surface area (Å²) in [5.41, 5.74) is 2.71. The zero-order chi connectivity index (χ0) is 21.3. The van der Waals surface area contributed by atoms with Crippen LogP contribution in [0.2, 0.25) is 0 Å². The van der Waals surface area contributed by atoms with Crippen molar-refractivity contribution in [1.82, 2.24) is 5.32 Å². The number of hydrogen-bond acceptors (Lipinski definition) is 4. The van der Waals surface area contributed by atoms with Crippen LogP contribution in [0.3, 0.4) is 0 Å². The van der Waals surface area contributed by atoms with Gasteiger partial charge in [0.1, 0.15) is 5.38 Å². The van der Waals surface area contributed by atoms with Crippen molar-refractivity contribution in [2.45, 2.75) is 24.6 Å². The number of amides is 2. The highest BCUT2D eigenvalue weighted by atomic mass is 35.5. The highest BCUT2D eigenvalue weighted by molar-refractivity contribution is 6.32. The fraction of sp³-hybridized carbons (Fsp3) is 0.391. The maximum atomic E-state index is 12.9. The van der Waals surface area contributed by atoms with Gasteiger partial charge in [0.25, 0.3) is 5.91 Å². The number of nitrogens with one attached hydrogen (secondary N) is 2. The largest absolute Gasteiger partial charge is 0.385 e. The van der Waals surface area contributed by atoms with Crippen molar-refractivity contribution in [2.24, 2.45) is 0 Å². The summed E-state index contributed by atoms with van der Waals surface area (Å²) in [6.07, 6.45) is 2.96. The van der Waals surface area contributed by atoms with Crippen molar-refractivity contribution in [3.8, 4) is 0 Å². The lowest BCUT2D eigenvalue weighted by atomic mass is 10.1. The minimum atomic E-state index is -0.809. The molecule has 7 heteroatoms. The quantitative estimate of drug-likeness (QED) is 0.467. The second kappa shape index (κ2) is 11.0. The number of alkyl halides is 1. The maximum absolute atomic E-state index is 12.9. The molecule has 1 atom stereocenters. The van der Waals surface area contributed by atoms with Gasteiger partial charge in [-0.25, -0.2) is 0 Å². The zero-order valence-electron chi connectivity index (χ0n) is 17.2. The Morgan fingerprint density at radius 3 is 2.57 bits per heavy atom. The highest BCUT2D eigenvalue weighted by Gasteiger charge is 2.22. The summed E-state index contributed by atoms with van der Waals surface area (Å²) in [6, 6.07) is 14.6. The van der Waals surface area contributed by atoms with Gasteiger partial charge in [-0.3, -0.25) is 9.59 Å². The molecule has 1 aliphatic heterocycles. The monoisotopic (exact) mass is 429 g/mol. The van der Waals surface area contributed by atoms with E-state index < -0.39 is 5.38 Å². The molecule has 1 heterocycles. The van der Waals surface area contributed by atoms with Crippen LogP contribution in [-0.4, -0.2) is 45.2 Å². The lowest BCUT2D eigenvalue weighted by Gasteiger charge is -2.22. The minimum Gasteiger partial charge on any atom is -0.385 e. The van der Waals surface area contributed by atoms with Crippen molar-refractivity contribution in [3.63, 3.8) is 0 Å². The van der Waals surface area contributed by atoms with Crippen molar-refractivity contribution >= 4 is 34.8 Å². The van der Waals surface area contributed by atoms with Crippen molar-refractivity contribution < 1.29 is 14.3 Å². The van der Waals surface area contributed by atoms with Crippen LogP contribution in [-0.2, 0) is 9.53 Å². The third-order valence-electron chi connectivity index (χ3n) is 5.09. The van der Waals surface area contributed by atoms with Crippen molar-refractivity contribution in [2.75, 3.05) is 43.6 Å². The van der Waals surface area contributed by atoms with Crippen LogP contribution in [0.15, 0.2) is 48.5 Å². The van der Waals surface area contributed by atoms with Crippen LogP contribution in [0.5, 0.6) is 0 Å². The smallest absolute Gasteiger partial charge is 0.253 e. The van der Waals surface area contributed by atoms with E-state index in [-0.39, 0.29) is 11.8 Å². The van der Waals surface area contributed by atoms with E-state index in [0.29, 0.717) is 24.4 Å². The highest BCUT2D eigenvalue weighted by Crippen LogP contribution is 2.29. The summed E-state index contributed by atoms with van der Waals surface area (Å²) in [5, 5.41) is 4.97. The van der Waals surface area contributed by atoms with E-state index in [1.807, 2.05) is 42.5 Å². The number of carbonyl (C=O) groups excluding carboxylic acids is 2. The summed E-state index contributed by atoms with van der Waals surface area (Å²) in [7, 11) is 1.64. The first kappa shape index (κ1) is 22.1. The fourth-order valence-corrected chi connectivity index (χ4v) is 3.72. The molecule has 2 N–H and O–H groups in total. The average molecular weight is 430 g/mol. The molecule has 6 nitrogen and oxygen atoms in total. The second-order valence-corrected chi connectivity index (χ2v) is 7.73. The van der Waals surface area contributed by atoms with Gasteiger partial charge in [0.15, 0.2) is 0 Å². The van der Waals surface area contributed by atoms with Gasteiger partial charge in [-0.05, 0) is 43.0 Å². The van der Waals surface area contributed by atoms with Crippen molar-refractivity contribution in [3.05, 3.63) is 59.7 Å². The Morgan fingerprint density at radius 1 is 1.13 bits per heavy atom. The summed E-state index contributed by atoms with van der Waals surface area (Å²) in [5.74, 6) is -0.488. The molecular formula is C23H28ClN3O3. The SMILES string of the molecule is COCCCNC(=O)c1cc(NC(=O)C(Cl)c2ccccc2)ccc1N1CCCC1. The summed E-state index contributed by atoms with van der Waals surface area (Å²) in [6.45, 7) is 2.97. The van der Waals surface area contributed by atoms with Gasteiger partial charge in [0.05, 0.1) is 5.56 Å². The Hall–Kier alpha value is -2.57. The summed E-state index contributed by atoms with van der Waals surface area (Å²) >= 11 is 6.33. The third kappa shape index (κ3) is 5.74. The molecular weight excluding hydrogens is 402 g/mol. The van der Waals surface area contributed by atoms with Crippen LogP contribution >= 0.6 is 11.6 Å². The van der Waals surface area contributed by atoms with Crippen molar-refractivity contribution in [1.29, 1.82) is 0 Å². The van der Waals surface area contributed by atoms with E-state index in [2.05, 4.69) is 15.5 Å². The Balaban J connectivity index is 1.76. The molecule has 0 spiro atoms. The molecule has 160 valence electrons. The van der Waals surface area contributed by atoms with Gasteiger partial charge >= 0.3 is 0 Å². The van der Waals surface area contributed by atoms with Gasteiger partial charge in [-0.15, -0.1) is 11.6 Å². The lowest BCUT2D eigenvalue weighted by molar-refractivity contribution is -0.116. The van der Waals surface area contributed by atoms with Gasteiger partial charge in [0, 0.05) is 44.7 Å². The number of benzene rings is 2. The van der Waals surface area contributed by atoms with E-state index in [9.17, 15) is 9.59 Å². The van der Waals surface area contributed by atoms with Gasteiger partial charge in [-0.2, -0.15) is 0 Å². The molecule has 3 rings (SSSR count). The molecule has 1 saturated heterocycles. The van der Waals surface area contributed by atoms with Crippen LogP contribution in [0.4, 0.5) is 11.4 Å². The molecule has 0 radical (unpaired) electrons. The van der Waals surface area contributed by atoms with E-state index in [0.717, 1.165) is 43.6 Å². The molecule has 1 fully saturated rings. The Morgan fingerprint density at radius 2 is 1.87 bits per heavy atom. The first-order valence-electron chi connectivity index (χ1n) is 10.3.